The Morgan fingerprint density at radius 3 is 2.38 bits per heavy atom. The highest BCUT2D eigenvalue weighted by Gasteiger charge is 2.12. The molecule has 2 aromatic rings. The minimum atomic E-state index is -0.692. The van der Waals surface area contributed by atoms with Crippen LogP contribution in [0.25, 0.3) is 0 Å². The molecule has 2 rings (SSSR count). The van der Waals surface area contributed by atoms with E-state index in [0.29, 0.717) is 30.5 Å². The Bertz CT molecular complexity index is 675. The number of hydrogen-bond donors (Lipinski definition) is 2. The van der Waals surface area contributed by atoms with Crippen LogP contribution in [0.15, 0.2) is 48.5 Å². The number of aliphatic hydroxyl groups is 1. The number of amides is 1. The van der Waals surface area contributed by atoms with E-state index in [1.54, 1.807) is 44.2 Å². The Labute approximate surface area is 142 Å². The van der Waals surface area contributed by atoms with Crippen molar-refractivity contribution in [1.29, 1.82) is 0 Å². The van der Waals surface area contributed by atoms with E-state index in [1.165, 1.54) is 6.07 Å². The molecular formula is C20H24FNO2. The number of carbonyl (C=O) groups is 1. The van der Waals surface area contributed by atoms with Crippen LogP contribution in [0.3, 0.4) is 0 Å². The third-order valence-corrected chi connectivity index (χ3v) is 3.88. The Morgan fingerprint density at radius 1 is 1.08 bits per heavy atom. The quantitative estimate of drug-likeness (QED) is 0.817. The van der Waals surface area contributed by atoms with E-state index >= 15 is 0 Å². The van der Waals surface area contributed by atoms with Crippen molar-refractivity contribution in [2.75, 3.05) is 6.54 Å². The molecule has 0 heterocycles. The lowest BCUT2D eigenvalue weighted by molar-refractivity contribution is 0.0713. The fraction of sp³-hybridized carbons (Fsp3) is 0.350. The highest BCUT2D eigenvalue weighted by molar-refractivity contribution is 5.94. The second-order valence-electron chi connectivity index (χ2n) is 6.61. The standard InChI is InChI=1S/C20H24FNO2/c1-20(2,24)13-11-15-7-9-17(10-8-15)19(23)22-14-12-16-5-3-4-6-18(16)21/h3-10,24H,11-14H2,1-2H3,(H,22,23). The molecule has 4 heteroatoms. The zero-order chi connectivity index (χ0) is 17.6. The molecule has 3 nitrogen and oxygen atoms in total. The molecule has 2 aromatic carbocycles. The lowest BCUT2D eigenvalue weighted by atomic mass is 9.98. The average Bonchev–Trinajstić information content (AvgIpc) is 2.54. The van der Waals surface area contributed by atoms with E-state index in [1.807, 2.05) is 12.1 Å². The van der Waals surface area contributed by atoms with Gasteiger partial charge in [0.2, 0.25) is 0 Å². The third kappa shape index (κ3) is 5.78. The van der Waals surface area contributed by atoms with Crippen molar-refractivity contribution >= 4 is 5.91 Å². The summed E-state index contributed by atoms with van der Waals surface area (Å²) in [7, 11) is 0. The van der Waals surface area contributed by atoms with Crippen LogP contribution in [0.4, 0.5) is 4.39 Å². The monoisotopic (exact) mass is 329 g/mol. The Hall–Kier alpha value is -2.20. The molecule has 128 valence electrons. The SMILES string of the molecule is CC(C)(O)CCc1ccc(C(=O)NCCc2ccccc2F)cc1. The average molecular weight is 329 g/mol. The van der Waals surface area contributed by atoms with Crippen LogP contribution in [0.2, 0.25) is 0 Å². The third-order valence-electron chi connectivity index (χ3n) is 3.88. The first-order chi connectivity index (χ1) is 11.3. The number of hydrogen-bond acceptors (Lipinski definition) is 2. The van der Waals surface area contributed by atoms with Crippen LogP contribution in [0, 0.1) is 5.82 Å². The highest BCUT2D eigenvalue weighted by atomic mass is 19.1. The van der Waals surface area contributed by atoms with Crippen LogP contribution in [-0.2, 0) is 12.8 Å². The molecule has 0 aliphatic carbocycles. The van der Waals surface area contributed by atoms with Crippen LogP contribution in [0.5, 0.6) is 0 Å². The van der Waals surface area contributed by atoms with Gasteiger partial charge >= 0.3 is 0 Å². The van der Waals surface area contributed by atoms with E-state index in [4.69, 9.17) is 0 Å². The number of rotatable bonds is 7. The summed E-state index contributed by atoms with van der Waals surface area (Å²) in [6, 6.07) is 13.9. The van der Waals surface area contributed by atoms with Gasteiger partial charge in [-0.3, -0.25) is 4.79 Å². The molecule has 0 atom stereocenters. The Morgan fingerprint density at radius 2 is 1.75 bits per heavy atom. The van der Waals surface area contributed by atoms with Crippen molar-refractivity contribution in [2.45, 2.75) is 38.7 Å². The summed E-state index contributed by atoms with van der Waals surface area (Å²) >= 11 is 0. The summed E-state index contributed by atoms with van der Waals surface area (Å²) in [6.45, 7) is 3.95. The van der Waals surface area contributed by atoms with Crippen LogP contribution >= 0.6 is 0 Å². The molecule has 0 radical (unpaired) electrons. The van der Waals surface area contributed by atoms with E-state index < -0.39 is 5.60 Å². The zero-order valence-electron chi connectivity index (χ0n) is 14.2. The first-order valence-corrected chi connectivity index (χ1v) is 8.18. The minimum absolute atomic E-state index is 0.166. The Kier molecular flexibility index (Phi) is 6.10. The molecule has 0 saturated heterocycles. The second-order valence-corrected chi connectivity index (χ2v) is 6.61. The zero-order valence-corrected chi connectivity index (χ0v) is 14.2. The van der Waals surface area contributed by atoms with Gasteiger partial charge in [0.05, 0.1) is 5.60 Å². The number of aryl methyl sites for hydroxylation is 1. The summed E-state index contributed by atoms with van der Waals surface area (Å²) in [6.07, 6.45) is 1.89. The second kappa shape index (κ2) is 8.06. The van der Waals surface area contributed by atoms with Gasteiger partial charge in [0.15, 0.2) is 0 Å². The Balaban J connectivity index is 1.83. The van der Waals surface area contributed by atoms with Gasteiger partial charge in [-0.05, 0) is 62.4 Å². The molecule has 0 spiro atoms. The van der Waals surface area contributed by atoms with Gasteiger partial charge in [0.25, 0.3) is 5.91 Å². The van der Waals surface area contributed by atoms with Crippen molar-refractivity contribution < 1.29 is 14.3 Å². The number of halogens is 1. The number of nitrogens with one attached hydrogen (secondary N) is 1. The summed E-state index contributed by atoms with van der Waals surface area (Å²) in [4.78, 5) is 12.1. The van der Waals surface area contributed by atoms with Crippen LogP contribution < -0.4 is 5.32 Å². The van der Waals surface area contributed by atoms with Crippen LogP contribution in [0.1, 0.15) is 41.8 Å². The lowest BCUT2D eigenvalue weighted by Gasteiger charge is -2.16. The highest BCUT2D eigenvalue weighted by Crippen LogP contribution is 2.14. The maximum atomic E-state index is 13.5. The van der Waals surface area contributed by atoms with Crippen molar-refractivity contribution in [3.63, 3.8) is 0 Å². The maximum Gasteiger partial charge on any atom is 0.251 e. The van der Waals surface area contributed by atoms with Crippen LogP contribution in [-0.4, -0.2) is 23.2 Å². The first-order valence-electron chi connectivity index (χ1n) is 8.18. The molecule has 1 amide bonds. The fourth-order valence-electron chi connectivity index (χ4n) is 2.39. The molecule has 0 aliphatic rings. The summed E-state index contributed by atoms with van der Waals surface area (Å²) in [5, 5.41) is 12.5. The summed E-state index contributed by atoms with van der Waals surface area (Å²) < 4.78 is 13.5. The van der Waals surface area contributed by atoms with Gasteiger partial charge in [-0.1, -0.05) is 30.3 Å². The van der Waals surface area contributed by atoms with E-state index in [2.05, 4.69) is 5.32 Å². The first kappa shape index (κ1) is 18.1. The van der Waals surface area contributed by atoms with Crippen molar-refractivity contribution in [2.24, 2.45) is 0 Å². The van der Waals surface area contributed by atoms with Crippen molar-refractivity contribution in [1.82, 2.24) is 5.32 Å². The van der Waals surface area contributed by atoms with Crippen molar-refractivity contribution in [3.05, 3.63) is 71.0 Å². The molecule has 0 saturated carbocycles. The van der Waals surface area contributed by atoms with Gasteiger partial charge in [0, 0.05) is 12.1 Å². The topological polar surface area (TPSA) is 49.3 Å². The van der Waals surface area contributed by atoms with E-state index in [0.717, 1.165) is 12.0 Å². The van der Waals surface area contributed by atoms with Gasteiger partial charge < -0.3 is 10.4 Å². The molecule has 0 aliphatic heterocycles. The summed E-state index contributed by atoms with van der Waals surface area (Å²) in [5.41, 5.74) is 1.57. The number of carbonyl (C=O) groups excluding carboxylic acids is 1. The minimum Gasteiger partial charge on any atom is -0.390 e. The summed E-state index contributed by atoms with van der Waals surface area (Å²) in [5.74, 6) is -0.414. The molecule has 0 fully saturated rings. The predicted octanol–water partition coefficient (Wildman–Crippen LogP) is 3.50. The molecule has 24 heavy (non-hydrogen) atoms. The maximum absolute atomic E-state index is 13.5. The van der Waals surface area contributed by atoms with Crippen molar-refractivity contribution in [3.8, 4) is 0 Å². The van der Waals surface area contributed by atoms with E-state index in [-0.39, 0.29) is 11.7 Å². The predicted molar refractivity (Wildman–Crippen MR) is 93.5 cm³/mol. The van der Waals surface area contributed by atoms with E-state index in [9.17, 15) is 14.3 Å². The van der Waals surface area contributed by atoms with Gasteiger partial charge in [-0.2, -0.15) is 0 Å². The normalized spacial score (nSPS) is 11.3. The smallest absolute Gasteiger partial charge is 0.251 e. The molecule has 0 bridgehead atoms. The largest absolute Gasteiger partial charge is 0.390 e. The molecule has 0 unspecified atom stereocenters. The van der Waals surface area contributed by atoms with Gasteiger partial charge in [0.1, 0.15) is 5.82 Å². The molecular weight excluding hydrogens is 305 g/mol. The molecule has 2 N–H and O–H groups in total. The number of benzene rings is 2. The van der Waals surface area contributed by atoms with Gasteiger partial charge in [-0.15, -0.1) is 0 Å². The lowest BCUT2D eigenvalue weighted by Crippen LogP contribution is -2.25. The fourth-order valence-corrected chi connectivity index (χ4v) is 2.39. The molecule has 0 aromatic heterocycles. The van der Waals surface area contributed by atoms with Gasteiger partial charge in [-0.25, -0.2) is 4.39 Å².